The summed E-state index contributed by atoms with van der Waals surface area (Å²) in [7, 11) is 4.91. The van der Waals surface area contributed by atoms with Gasteiger partial charge in [-0.3, -0.25) is 14.2 Å². The Morgan fingerprint density at radius 3 is 2.44 bits per heavy atom. The van der Waals surface area contributed by atoms with Crippen LogP contribution < -0.4 is 16.9 Å². The van der Waals surface area contributed by atoms with Crippen molar-refractivity contribution in [2.24, 2.45) is 12.8 Å². The van der Waals surface area contributed by atoms with Gasteiger partial charge in [0.15, 0.2) is 0 Å². The van der Waals surface area contributed by atoms with E-state index in [-0.39, 0.29) is 28.2 Å². The summed E-state index contributed by atoms with van der Waals surface area (Å²) in [6.07, 6.45) is 3.18. The van der Waals surface area contributed by atoms with Gasteiger partial charge in [-0.1, -0.05) is 13.8 Å². The van der Waals surface area contributed by atoms with E-state index in [9.17, 15) is 9.59 Å². The average molecular weight is 370 g/mol. The lowest BCUT2D eigenvalue weighted by Crippen LogP contribution is -2.30. The largest absolute Gasteiger partial charge is 0.333 e. The molecule has 0 saturated carbocycles. The predicted octanol–water partition coefficient (Wildman–Crippen LogP) is 1.28. The predicted molar refractivity (Wildman–Crippen MR) is 105 cm³/mol. The lowest BCUT2D eigenvalue weighted by Gasteiger charge is -2.21. The van der Waals surface area contributed by atoms with E-state index in [4.69, 9.17) is 4.18 Å². The molecule has 1 aliphatic rings. The fourth-order valence-electron chi connectivity index (χ4n) is 2.87. The second-order valence-corrected chi connectivity index (χ2v) is 7.25. The summed E-state index contributed by atoms with van der Waals surface area (Å²) in [5.41, 5.74) is 5.40. The van der Waals surface area contributed by atoms with Gasteiger partial charge in [0.1, 0.15) is 28.3 Å². The number of H-pyrrole nitrogens is 1. The molecule has 2 aromatic rings. The minimum absolute atomic E-state index is 0.0213. The summed E-state index contributed by atoms with van der Waals surface area (Å²) >= 11 is 0.0213. The highest BCUT2D eigenvalue weighted by Crippen LogP contribution is 2.29. The van der Waals surface area contributed by atoms with Crippen LogP contribution in [-0.4, -0.2) is 40.2 Å². The Kier molecular flexibility index (Phi) is 8.88. The third kappa shape index (κ3) is 4.71. The first kappa shape index (κ1) is 21.4. The molecule has 140 valence electrons. The second-order valence-electron chi connectivity index (χ2n) is 5.22. The fourth-order valence-corrected chi connectivity index (χ4v) is 4.50. The number of nitrogens with one attached hydrogen (secondary N) is 1. The second kappa shape index (κ2) is 10.4. The smallest absolute Gasteiger partial charge is 0.260 e. The van der Waals surface area contributed by atoms with Crippen molar-refractivity contribution in [3.8, 4) is 0 Å². The van der Waals surface area contributed by atoms with Crippen LogP contribution in [0.2, 0.25) is 0 Å². The molecular formula is C17H29N4O3S+. The van der Waals surface area contributed by atoms with E-state index in [1.807, 2.05) is 13.8 Å². The van der Waals surface area contributed by atoms with Crippen LogP contribution in [0.3, 0.4) is 0 Å². The molecule has 1 aliphatic heterocycles. The lowest BCUT2D eigenvalue weighted by atomic mass is 9.94. The number of fused-ring (bicyclic) bond motifs is 1. The van der Waals surface area contributed by atoms with Crippen LogP contribution in [0.5, 0.6) is 0 Å². The van der Waals surface area contributed by atoms with Crippen molar-refractivity contribution in [1.82, 2.24) is 14.5 Å². The maximum Gasteiger partial charge on any atom is 0.260 e. The first-order valence-corrected chi connectivity index (χ1v) is 9.97. The number of hydrogen-bond donors (Lipinski definition) is 2. The third-order valence-corrected chi connectivity index (χ3v) is 5.95. The van der Waals surface area contributed by atoms with Crippen molar-refractivity contribution in [3.63, 3.8) is 0 Å². The van der Waals surface area contributed by atoms with Gasteiger partial charge in [-0.2, -0.15) is 4.18 Å². The molecule has 0 unspecified atom stereocenters. The SMILES string of the molecule is CC.CN.CO[S+]1CCC(c2cc3c(=O)[nH]cnc3n(C)c2=O)CC1. The molecule has 1 saturated heterocycles. The van der Waals surface area contributed by atoms with Gasteiger partial charge in [0, 0.05) is 25.5 Å². The van der Waals surface area contributed by atoms with Gasteiger partial charge in [-0.05, 0) is 19.0 Å². The van der Waals surface area contributed by atoms with Crippen LogP contribution in [0.1, 0.15) is 38.2 Å². The molecule has 3 heterocycles. The molecule has 8 heteroatoms. The number of pyridine rings is 1. The zero-order valence-corrected chi connectivity index (χ0v) is 16.5. The van der Waals surface area contributed by atoms with Gasteiger partial charge in [-0.15, -0.1) is 0 Å². The molecule has 25 heavy (non-hydrogen) atoms. The van der Waals surface area contributed by atoms with Crippen LogP contribution >= 0.6 is 0 Å². The quantitative estimate of drug-likeness (QED) is 0.776. The topological polar surface area (TPSA) is 103 Å². The Labute approximate surface area is 151 Å². The van der Waals surface area contributed by atoms with Gasteiger partial charge >= 0.3 is 0 Å². The first-order chi connectivity index (χ1) is 12.1. The van der Waals surface area contributed by atoms with E-state index in [2.05, 4.69) is 15.7 Å². The Bertz CT molecular complexity index is 780. The van der Waals surface area contributed by atoms with E-state index in [0.29, 0.717) is 11.0 Å². The molecule has 1 fully saturated rings. The van der Waals surface area contributed by atoms with Gasteiger partial charge in [0.05, 0.1) is 18.8 Å². The standard InChI is InChI=1S/C14H17N3O3S.C2H6.CH5N/c1-17-12-11(13(18)16-8-15-12)7-10(14(17)19)9-3-5-21(20-2)6-4-9;2*1-2/h7-9H,3-6H2,1-2H3;1-2H3;2H2,1H3/p+1. The fraction of sp³-hybridized carbons (Fsp3) is 0.588. The summed E-state index contributed by atoms with van der Waals surface area (Å²) in [6.45, 7) is 4.00. The molecule has 0 bridgehead atoms. The van der Waals surface area contributed by atoms with Crippen LogP contribution in [0.4, 0.5) is 0 Å². The van der Waals surface area contributed by atoms with E-state index >= 15 is 0 Å². The van der Waals surface area contributed by atoms with Crippen molar-refractivity contribution in [2.75, 3.05) is 25.7 Å². The Morgan fingerprint density at radius 1 is 1.28 bits per heavy atom. The lowest BCUT2D eigenvalue weighted by molar-refractivity contribution is 0.457. The van der Waals surface area contributed by atoms with E-state index in [1.54, 1.807) is 20.2 Å². The summed E-state index contributed by atoms with van der Waals surface area (Å²) < 4.78 is 6.87. The number of rotatable bonds is 2. The number of nitrogens with two attached hydrogens (primary N) is 1. The average Bonchev–Trinajstić information content (AvgIpc) is 2.68. The maximum atomic E-state index is 12.5. The Morgan fingerprint density at radius 2 is 1.88 bits per heavy atom. The number of aryl methyl sites for hydroxylation is 1. The van der Waals surface area contributed by atoms with E-state index < -0.39 is 0 Å². The molecule has 0 atom stereocenters. The minimum Gasteiger partial charge on any atom is -0.333 e. The Balaban J connectivity index is 0.000000730. The highest BCUT2D eigenvalue weighted by atomic mass is 32.2. The minimum atomic E-state index is -0.204. The number of hydrogen-bond acceptors (Lipinski definition) is 5. The van der Waals surface area contributed by atoms with Gasteiger partial charge in [-0.25, -0.2) is 4.98 Å². The van der Waals surface area contributed by atoms with Gasteiger partial charge in [0.2, 0.25) is 0 Å². The van der Waals surface area contributed by atoms with Gasteiger partial charge in [0.25, 0.3) is 11.1 Å². The van der Waals surface area contributed by atoms with Crippen molar-refractivity contribution < 1.29 is 4.18 Å². The first-order valence-electron chi connectivity index (χ1n) is 8.49. The van der Waals surface area contributed by atoms with Crippen LogP contribution in [-0.2, 0) is 22.4 Å². The summed E-state index contributed by atoms with van der Waals surface area (Å²) in [5, 5.41) is 0.478. The summed E-state index contributed by atoms with van der Waals surface area (Å²) in [4.78, 5) is 31.1. The number of aromatic nitrogens is 3. The van der Waals surface area contributed by atoms with Crippen LogP contribution in [0.15, 0.2) is 22.0 Å². The van der Waals surface area contributed by atoms with Crippen LogP contribution in [0.25, 0.3) is 11.0 Å². The molecule has 0 spiro atoms. The highest BCUT2D eigenvalue weighted by molar-refractivity contribution is 7.92. The molecule has 0 amide bonds. The molecule has 2 aromatic heterocycles. The molecule has 3 N–H and O–H groups in total. The molecule has 7 nitrogen and oxygen atoms in total. The zero-order chi connectivity index (χ0) is 19.0. The van der Waals surface area contributed by atoms with E-state index in [1.165, 1.54) is 17.9 Å². The van der Waals surface area contributed by atoms with Crippen molar-refractivity contribution in [2.45, 2.75) is 32.6 Å². The molecule has 0 aliphatic carbocycles. The summed E-state index contributed by atoms with van der Waals surface area (Å²) in [6, 6.07) is 1.73. The van der Waals surface area contributed by atoms with Crippen LogP contribution in [0, 0.1) is 0 Å². The molecule has 0 radical (unpaired) electrons. The van der Waals surface area contributed by atoms with E-state index in [0.717, 1.165) is 29.9 Å². The van der Waals surface area contributed by atoms with Crippen molar-refractivity contribution in [1.29, 1.82) is 0 Å². The monoisotopic (exact) mass is 369 g/mol. The number of nitrogens with zero attached hydrogens (tertiary/aromatic N) is 2. The number of aromatic amines is 1. The molecule has 3 rings (SSSR count). The third-order valence-electron chi connectivity index (χ3n) is 4.10. The summed E-state index contributed by atoms with van der Waals surface area (Å²) in [5.74, 6) is 2.16. The van der Waals surface area contributed by atoms with Gasteiger partial charge < -0.3 is 10.7 Å². The Hall–Kier alpha value is -1.64. The normalized spacial score (nSPS) is 19.4. The zero-order valence-electron chi connectivity index (χ0n) is 15.7. The highest BCUT2D eigenvalue weighted by Gasteiger charge is 2.31. The molecular weight excluding hydrogens is 340 g/mol. The van der Waals surface area contributed by atoms with Crippen molar-refractivity contribution >= 4 is 22.2 Å². The molecule has 0 aromatic carbocycles. The maximum absolute atomic E-state index is 12.5. The van der Waals surface area contributed by atoms with Crippen molar-refractivity contribution in [3.05, 3.63) is 38.7 Å².